The van der Waals surface area contributed by atoms with Crippen LogP contribution in [0.4, 0.5) is 27.6 Å². The zero-order valence-corrected chi connectivity index (χ0v) is 10.5. The average molecular weight is 292 g/mol. The highest BCUT2D eigenvalue weighted by Crippen LogP contribution is 2.33. The van der Waals surface area contributed by atoms with Gasteiger partial charge in [0.1, 0.15) is 5.69 Å². The summed E-state index contributed by atoms with van der Waals surface area (Å²) in [6.45, 7) is 1.69. The predicted octanol–water partition coefficient (Wildman–Crippen LogP) is 3.03. The predicted molar refractivity (Wildman–Crippen MR) is 62.9 cm³/mol. The van der Waals surface area contributed by atoms with E-state index in [1.807, 2.05) is 0 Å². The van der Waals surface area contributed by atoms with Crippen LogP contribution in [0.3, 0.4) is 0 Å². The number of anilines is 1. The first kappa shape index (κ1) is 13.6. The lowest BCUT2D eigenvalue weighted by molar-refractivity contribution is 0.317. The van der Waals surface area contributed by atoms with Gasteiger partial charge in [0, 0.05) is 18.6 Å². The van der Waals surface area contributed by atoms with Crippen LogP contribution in [-0.4, -0.2) is 30.1 Å². The summed E-state index contributed by atoms with van der Waals surface area (Å²) in [6.07, 6.45) is 2.48. The minimum atomic E-state index is -2.13. The SMILES string of the molecule is Fc1c(F)c(F)c(NC2CCN3CCCC23)c(F)c1F. The third-order valence-corrected chi connectivity index (χ3v) is 4.15. The molecule has 2 fully saturated rings. The molecule has 1 N–H and O–H groups in total. The second-order valence-electron chi connectivity index (χ2n) is 5.23. The molecule has 0 amide bonds. The van der Waals surface area contributed by atoms with E-state index in [4.69, 9.17) is 0 Å². The third kappa shape index (κ3) is 1.95. The second-order valence-corrected chi connectivity index (χ2v) is 5.23. The molecule has 0 spiro atoms. The largest absolute Gasteiger partial charge is 0.376 e. The van der Waals surface area contributed by atoms with Crippen LogP contribution >= 0.6 is 0 Å². The standard InChI is InChI=1S/C13H13F5N2/c14-8-9(15)11(17)13(12(18)10(8)16)19-6-3-5-20-4-1-2-7(6)20/h6-7,19H,1-5H2. The average Bonchev–Trinajstić information content (AvgIpc) is 3.03. The van der Waals surface area contributed by atoms with Crippen molar-refractivity contribution in [3.63, 3.8) is 0 Å². The molecule has 0 radical (unpaired) electrons. The van der Waals surface area contributed by atoms with E-state index in [1.54, 1.807) is 0 Å². The molecule has 0 aliphatic carbocycles. The topological polar surface area (TPSA) is 15.3 Å². The number of rotatable bonds is 2. The lowest BCUT2D eigenvalue weighted by Crippen LogP contribution is -2.34. The van der Waals surface area contributed by atoms with Gasteiger partial charge in [-0.2, -0.15) is 0 Å². The molecule has 2 saturated heterocycles. The molecule has 2 nitrogen and oxygen atoms in total. The van der Waals surface area contributed by atoms with Gasteiger partial charge in [-0.1, -0.05) is 0 Å². The fourth-order valence-corrected chi connectivity index (χ4v) is 3.17. The first-order chi connectivity index (χ1) is 9.50. The Bertz CT molecular complexity index is 519. The summed E-state index contributed by atoms with van der Waals surface area (Å²) in [5, 5.41) is 2.52. The minimum absolute atomic E-state index is 0.102. The summed E-state index contributed by atoms with van der Waals surface area (Å²) < 4.78 is 66.4. The number of hydrogen-bond acceptors (Lipinski definition) is 2. The lowest BCUT2D eigenvalue weighted by atomic mass is 10.1. The van der Waals surface area contributed by atoms with Crippen LogP contribution in [0.25, 0.3) is 0 Å². The van der Waals surface area contributed by atoms with Crippen LogP contribution in [0, 0.1) is 29.1 Å². The molecule has 0 bridgehead atoms. The van der Waals surface area contributed by atoms with Crippen molar-refractivity contribution >= 4 is 5.69 Å². The molecule has 2 aliphatic rings. The van der Waals surface area contributed by atoms with Crippen LogP contribution in [0.2, 0.25) is 0 Å². The highest BCUT2D eigenvalue weighted by molar-refractivity contribution is 5.49. The zero-order chi connectivity index (χ0) is 14.4. The molecular weight excluding hydrogens is 279 g/mol. The zero-order valence-electron chi connectivity index (χ0n) is 10.5. The van der Waals surface area contributed by atoms with Gasteiger partial charge in [-0.25, -0.2) is 22.0 Å². The van der Waals surface area contributed by atoms with Crippen molar-refractivity contribution in [2.45, 2.75) is 31.3 Å². The Morgan fingerprint density at radius 1 is 0.800 bits per heavy atom. The molecule has 0 aromatic heterocycles. The van der Waals surface area contributed by atoms with E-state index >= 15 is 0 Å². The van der Waals surface area contributed by atoms with Crippen LogP contribution in [0.15, 0.2) is 0 Å². The lowest BCUT2D eigenvalue weighted by Gasteiger charge is -2.23. The molecule has 0 saturated carbocycles. The summed E-state index contributed by atoms with van der Waals surface area (Å²) in [4.78, 5) is 2.17. The molecule has 3 rings (SSSR count). The van der Waals surface area contributed by atoms with Crippen molar-refractivity contribution < 1.29 is 22.0 Å². The van der Waals surface area contributed by atoms with Gasteiger partial charge in [-0.15, -0.1) is 0 Å². The molecule has 1 aromatic carbocycles. The first-order valence-corrected chi connectivity index (χ1v) is 6.52. The molecule has 2 heterocycles. The number of hydrogen-bond donors (Lipinski definition) is 1. The number of halogens is 5. The first-order valence-electron chi connectivity index (χ1n) is 6.52. The maximum Gasteiger partial charge on any atom is 0.200 e. The van der Waals surface area contributed by atoms with Gasteiger partial charge in [0.05, 0.1) is 0 Å². The highest BCUT2D eigenvalue weighted by atomic mass is 19.2. The third-order valence-electron chi connectivity index (χ3n) is 4.15. The normalized spacial score (nSPS) is 26.1. The number of benzene rings is 1. The van der Waals surface area contributed by atoms with Gasteiger partial charge < -0.3 is 5.32 Å². The summed E-state index contributed by atoms with van der Waals surface area (Å²) in [5.74, 6) is -9.53. The molecule has 2 atom stereocenters. The van der Waals surface area contributed by atoms with E-state index in [-0.39, 0.29) is 12.1 Å². The van der Waals surface area contributed by atoms with E-state index < -0.39 is 34.8 Å². The fraction of sp³-hybridized carbons (Fsp3) is 0.538. The van der Waals surface area contributed by atoms with Gasteiger partial charge in [0.25, 0.3) is 0 Å². The van der Waals surface area contributed by atoms with E-state index in [9.17, 15) is 22.0 Å². The maximum absolute atomic E-state index is 13.6. The number of fused-ring (bicyclic) bond motifs is 1. The Morgan fingerprint density at radius 3 is 2.05 bits per heavy atom. The fourth-order valence-electron chi connectivity index (χ4n) is 3.17. The highest BCUT2D eigenvalue weighted by Gasteiger charge is 2.38. The van der Waals surface area contributed by atoms with E-state index in [0.29, 0.717) is 6.42 Å². The molecule has 2 unspecified atom stereocenters. The van der Waals surface area contributed by atoms with E-state index in [2.05, 4.69) is 10.2 Å². The van der Waals surface area contributed by atoms with Crippen LogP contribution in [-0.2, 0) is 0 Å². The quantitative estimate of drug-likeness (QED) is 0.512. The summed E-state index contributed by atoms with van der Waals surface area (Å²) in [5.41, 5.74) is -0.917. The van der Waals surface area contributed by atoms with Crippen molar-refractivity contribution in [2.24, 2.45) is 0 Å². The molecular formula is C13H13F5N2. The molecule has 110 valence electrons. The van der Waals surface area contributed by atoms with Crippen LogP contribution in [0.5, 0.6) is 0 Å². The minimum Gasteiger partial charge on any atom is -0.376 e. The second kappa shape index (κ2) is 4.87. The summed E-state index contributed by atoms with van der Waals surface area (Å²) in [7, 11) is 0. The van der Waals surface area contributed by atoms with Crippen LogP contribution in [0.1, 0.15) is 19.3 Å². The van der Waals surface area contributed by atoms with Crippen LogP contribution < -0.4 is 5.32 Å². The van der Waals surface area contributed by atoms with Crippen molar-refractivity contribution in [2.75, 3.05) is 18.4 Å². The van der Waals surface area contributed by atoms with Crippen molar-refractivity contribution in [3.05, 3.63) is 29.1 Å². The maximum atomic E-state index is 13.6. The monoisotopic (exact) mass is 292 g/mol. The smallest absolute Gasteiger partial charge is 0.200 e. The van der Waals surface area contributed by atoms with Crippen molar-refractivity contribution in [3.8, 4) is 0 Å². The number of nitrogens with one attached hydrogen (secondary N) is 1. The van der Waals surface area contributed by atoms with Crippen molar-refractivity contribution in [1.29, 1.82) is 0 Å². The summed E-state index contributed by atoms with van der Waals surface area (Å²) in [6, 6.07) is -0.185. The Kier molecular flexibility index (Phi) is 3.32. The van der Waals surface area contributed by atoms with Gasteiger partial charge in [-0.3, -0.25) is 4.90 Å². The molecule has 20 heavy (non-hydrogen) atoms. The van der Waals surface area contributed by atoms with Gasteiger partial charge >= 0.3 is 0 Å². The van der Waals surface area contributed by atoms with Gasteiger partial charge in [0.15, 0.2) is 23.3 Å². The molecule has 1 aromatic rings. The Morgan fingerprint density at radius 2 is 1.40 bits per heavy atom. The Balaban J connectivity index is 1.91. The molecule has 2 aliphatic heterocycles. The van der Waals surface area contributed by atoms with Gasteiger partial charge in [0.2, 0.25) is 5.82 Å². The summed E-state index contributed by atoms with van der Waals surface area (Å²) >= 11 is 0. The van der Waals surface area contributed by atoms with Gasteiger partial charge in [-0.05, 0) is 25.8 Å². The van der Waals surface area contributed by atoms with Crippen molar-refractivity contribution in [1.82, 2.24) is 4.90 Å². The Labute approximate surface area is 112 Å². The molecule has 7 heteroatoms. The Hall–Kier alpha value is -1.37. The van der Waals surface area contributed by atoms with E-state index in [1.165, 1.54) is 0 Å². The van der Waals surface area contributed by atoms with E-state index in [0.717, 1.165) is 25.9 Å². The number of nitrogens with zero attached hydrogens (tertiary/aromatic N) is 1.